The van der Waals surface area contributed by atoms with Crippen LogP contribution in [0.1, 0.15) is 57.6 Å². The zero-order valence-corrected chi connectivity index (χ0v) is 20.3. The molecule has 2 amide bonds. The molecule has 1 aliphatic carbocycles. The molecule has 0 bridgehead atoms. The zero-order valence-electron chi connectivity index (χ0n) is 20.3. The van der Waals surface area contributed by atoms with Gasteiger partial charge in [0.05, 0.1) is 0 Å². The van der Waals surface area contributed by atoms with Crippen molar-refractivity contribution >= 4 is 18.0 Å². The number of carbonyl (C=O) groups is 3. The van der Waals surface area contributed by atoms with Crippen LogP contribution >= 0.6 is 0 Å². The number of nitrogens with one attached hydrogen (secondary N) is 2. The molecule has 7 nitrogen and oxygen atoms in total. The molecule has 0 fully saturated rings. The van der Waals surface area contributed by atoms with Crippen LogP contribution in [0, 0.1) is 11.3 Å². The van der Waals surface area contributed by atoms with Gasteiger partial charge in [0.15, 0.2) is 0 Å². The standard InChI is InChI=1S/C27H34N2O5/c1-17(13-25(31)32)15-28-24(30)14-23(27(2,3)4)29-26(33)34-16-22-20-11-7-5-9-18(20)19-10-6-8-12-21(19)22/h5-12,17,22-23H,13-16H2,1-4H3,(H,28,30)(H,29,33)(H,31,32). The number of hydrogen-bond donors (Lipinski definition) is 3. The first kappa shape index (κ1) is 25.3. The van der Waals surface area contributed by atoms with Gasteiger partial charge in [-0.1, -0.05) is 76.2 Å². The summed E-state index contributed by atoms with van der Waals surface area (Å²) in [4.78, 5) is 36.0. The van der Waals surface area contributed by atoms with E-state index in [0.29, 0.717) is 0 Å². The first-order valence-electron chi connectivity index (χ1n) is 11.7. The fourth-order valence-corrected chi connectivity index (χ4v) is 4.27. The molecule has 34 heavy (non-hydrogen) atoms. The Morgan fingerprint density at radius 3 is 2.06 bits per heavy atom. The molecule has 0 saturated carbocycles. The van der Waals surface area contributed by atoms with Crippen LogP contribution < -0.4 is 10.6 Å². The van der Waals surface area contributed by atoms with E-state index >= 15 is 0 Å². The van der Waals surface area contributed by atoms with Crippen molar-refractivity contribution < 1.29 is 24.2 Å². The maximum absolute atomic E-state index is 12.7. The van der Waals surface area contributed by atoms with Gasteiger partial charge in [-0.05, 0) is 33.6 Å². The Balaban J connectivity index is 1.58. The Bertz CT molecular complexity index is 998. The van der Waals surface area contributed by atoms with E-state index in [4.69, 9.17) is 9.84 Å². The number of carboxylic acid groups (broad SMARTS) is 1. The second kappa shape index (κ2) is 10.7. The number of hydrogen-bond acceptors (Lipinski definition) is 4. The highest BCUT2D eigenvalue weighted by atomic mass is 16.5. The van der Waals surface area contributed by atoms with Crippen LogP contribution in [0.15, 0.2) is 48.5 Å². The minimum atomic E-state index is -0.897. The second-order valence-electron chi connectivity index (χ2n) is 10.1. The van der Waals surface area contributed by atoms with Crippen LogP contribution in [0.25, 0.3) is 11.1 Å². The molecule has 3 N–H and O–H groups in total. The summed E-state index contributed by atoms with van der Waals surface area (Å²) in [6, 6.07) is 15.8. The molecule has 0 radical (unpaired) electrons. The minimum absolute atomic E-state index is 0.0129. The minimum Gasteiger partial charge on any atom is -0.481 e. The molecule has 2 atom stereocenters. The molecule has 0 aromatic heterocycles. The SMILES string of the molecule is CC(CNC(=O)CC(NC(=O)OCC1c2ccccc2-c2ccccc21)C(C)(C)C)CC(=O)O. The highest BCUT2D eigenvalue weighted by Crippen LogP contribution is 2.44. The molecule has 2 unspecified atom stereocenters. The summed E-state index contributed by atoms with van der Waals surface area (Å²) < 4.78 is 5.64. The molecule has 0 heterocycles. The third kappa shape index (κ3) is 6.37. The summed E-state index contributed by atoms with van der Waals surface area (Å²) in [6.07, 6.45) is -0.497. The van der Waals surface area contributed by atoms with Crippen LogP contribution in [0.2, 0.25) is 0 Å². The van der Waals surface area contributed by atoms with Crippen molar-refractivity contribution in [1.82, 2.24) is 10.6 Å². The Morgan fingerprint density at radius 1 is 0.971 bits per heavy atom. The average Bonchev–Trinajstić information content (AvgIpc) is 3.08. The van der Waals surface area contributed by atoms with Gasteiger partial charge in [0, 0.05) is 31.3 Å². The van der Waals surface area contributed by atoms with Crippen LogP contribution in [0.5, 0.6) is 0 Å². The van der Waals surface area contributed by atoms with Crippen molar-refractivity contribution in [2.24, 2.45) is 11.3 Å². The van der Waals surface area contributed by atoms with Crippen molar-refractivity contribution in [1.29, 1.82) is 0 Å². The average molecular weight is 467 g/mol. The van der Waals surface area contributed by atoms with Crippen LogP contribution in [-0.2, 0) is 14.3 Å². The van der Waals surface area contributed by atoms with E-state index in [9.17, 15) is 14.4 Å². The number of fused-ring (bicyclic) bond motifs is 3. The number of rotatable bonds is 9. The first-order valence-corrected chi connectivity index (χ1v) is 11.7. The molecule has 2 aromatic rings. The van der Waals surface area contributed by atoms with Gasteiger partial charge in [-0.25, -0.2) is 4.79 Å². The molecule has 2 aromatic carbocycles. The summed E-state index contributed by atoms with van der Waals surface area (Å²) in [5.74, 6) is -1.35. The number of benzene rings is 2. The highest BCUT2D eigenvalue weighted by molar-refractivity contribution is 5.79. The number of amides is 2. The molecule has 7 heteroatoms. The summed E-state index contributed by atoms with van der Waals surface area (Å²) >= 11 is 0. The quantitative estimate of drug-likeness (QED) is 0.503. The number of carbonyl (C=O) groups excluding carboxylic acids is 2. The molecule has 182 valence electrons. The predicted molar refractivity (Wildman–Crippen MR) is 130 cm³/mol. The van der Waals surface area contributed by atoms with Crippen molar-refractivity contribution in [3.8, 4) is 11.1 Å². The summed E-state index contributed by atoms with van der Waals surface area (Å²) in [5, 5.41) is 14.5. The monoisotopic (exact) mass is 466 g/mol. The third-order valence-corrected chi connectivity index (χ3v) is 6.24. The maximum Gasteiger partial charge on any atom is 0.407 e. The highest BCUT2D eigenvalue weighted by Gasteiger charge is 2.31. The second-order valence-corrected chi connectivity index (χ2v) is 10.1. The lowest BCUT2D eigenvalue weighted by atomic mass is 9.84. The summed E-state index contributed by atoms with van der Waals surface area (Å²) in [7, 11) is 0. The van der Waals surface area contributed by atoms with E-state index in [-0.39, 0.29) is 49.2 Å². The lowest BCUT2D eigenvalue weighted by molar-refractivity contribution is -0.138. The lowest BCUT2D eigenvalue weighted by Gasteiger charge is -2.31. The van der Waals surface area contributed by atoms with Crippen LogP contribution in [0.4, 0.5) is 4.79 Å². The fourth-order valence-electron chi connectivity index (χ4n) is 4.27. The normalized spacial score (nSPS) is 14.5. The van der Waals surface area contributed by atoms with E-state index in [1.165, 1.54) is 0 Å². The van der Waals surface area contributed by atoms with Gasteiger partial charge in [0.1, 0.15) is 6.61 Å². The lowest BCUT2D eigenvalue weighted by Crippen LogP contribution is -2.47. The summed E-state index contributed by atoms with van der Waals surface area (Å²) in [5.41, 5.74) is 4.22. The van der Waals surface area contributed by atoms with Crippen molar-refractivity contribution in [3.05, 3.63) is 59.7 Å². The van der Waals surface area contributed by atoms with E-state index in [1.54, 1.807) is 6.92 Å². The predicted octanol–water partition coefficient (Wildman–Crippen LogP) is 4.56. The molecule has 0 aliphatic heterocycles. The van der Waals surface area contributed by atoms with Gasteiger partial charge in [0.2, 0.25) is 5.91 Å². The molecule has 0 spiro atoms. The third-order valence-electron chi connectivity index (χ3n) is 6.24. The first-order chi connectivity index (χ1) is 16.1. The molecular formula is C27H34N2O5. The van der Waals surface area contributed by atoms with Gasteiger partial charge in [-0.15, -0.1) is 0 Å². The zero-order chi connectivity index (χ0) is 24.9. The largest absolute Gasteiger partial charge is 0.481 e. The van der Waals surface area contributed by atoms with Gasteiger partial charge in [0.25, 0.3) is 0 Å². The van der Waals surface area contributed by atoms with Crippen molar-refractivity contribution in [2.75, 3.05) is 13.2 Å². The Morgan fingerprint density at radius 2 is 1.53 bits per heavy atom. The number of ether oxygens (including phenoxy) is 1. The van der Waals surface area contributed by atoms with Gasteiger partial charge in [-0.3, -0.25) is 9.59 Å². The van der Waals surface area contributed by atoms with Crippen molar-refractivity contribution in [2.45, 2.75) is 52.5 Å². The Kier molecular flexibility index (Phi) is 7.97. The van der Waals surface area contributed by atoms with Crippen LogP contribution in [-0.4, -0.2) is 42.3 Å². The Labute approximate surface area is 200 Å². The van der Waals surface area contributed by atoms with E-state index in [2.05, 4.69) is 34.9 Å². The van der Waals surface area contributed by atoms with E-state index in [1.807, 2.05) is 45.0 Å². The van der Waals surface area contributed by atoms with E-state index in [0.717, 1.165) is 22.3 Å². The molecular weight excluding hydrogens is 432 g/mol. The van der Waals surface area contributed by atoms with E-state index < -0.39 is 18.1 Å². The topological polar surface area (TPSA) is 105 Å². The van der Waals surface area contributed by atoms with Gasteiger partial charge in [-0.2, -0.15) is 0 Å². The Hall–Kier alpha value is -3.35. The van der Waals surface area contributed by atoms with Crippen molar-refractivity contribution in [3.63, 3.8) is 0 Å². The van der Waals surface area contributed by atoms with Gasteiger partial charge >= 0.3 is 12.1 Å². The molecule has 1 aliphatic rings. The fraction of sp³-hybridized carbons (Fsp3) is 0.444. The molecule has 3 rings (SSSR count). The number of alkyl carbamates (subject to hydrolysis) is 1. The maximum atomic E-state index is 12.7. The summed E-state index contributed by atoms with van der Waals surface area (Å²) in [6.45, 7) is 8.08. The number of carboxylic acids is 1. The van der Waals surface area contributed by atoms with Gasteiger partial charge < -0.3 is 20.5 Å². The number of aliphatic carboxylic acids is 1. The smallest absolute Gasteiger partial charge is 0.407 e. The molecule has 0 saturated heterocycles. The van der Waals surface area contributed by atoms with Crippen LogP contribution in [0.3, 0.4) is 0 Å².